The number of methoxy groups -OCH3 is 1. The molecule has 0 aliphatic carbocycles. The molecule has 1 aliphatic heterocycles. The topological polar surface area (TPSA) is 85.7 Å². The number of carbonyl (C=O) groups is 2. The van der Waals surface area contributed by atoms with Gasteiger partial charge in [-0.2, -0.15) is 5.26 Å². The molecule has 3 aromatic rings. The number of ether oxygens (including phenoxy) is 1. The van der Waals surface area contributed by atoms with Crippen LogP contribution in [0.4, 0.5) is 8.78 Å². The number of nitriles is 1. The maximum absolute atomic E-state index is 13.6. The first-order valence-electron chi connectivity index (χ1n) is 11.8. The summed E-state index contributed by atoms with van der Waals surface area (Å²) in [5, 5.41) is 12.3. The highest BCUT2D eigenvalue weighted by atomic mass is 19.1. The molecule has 190 valence electrons. The molecule has 9 heteroatoms. The van der Waals surface area contributed by atoms with Crippen LogP contribution in [-0.4, -0.2) is 54.9 Å². The van der Waals surface area contributed by atoms with Crippen molar-refractivity contribution in [1.82, 2.24) is 15.1 Å². The van der Waals surface area contributed by atoms with Crippen molar-refractivity contribution in [2.45, 2.75) is 12.6 Å². The standard InChI is InChI=1S/C28H26F2N4O3/c1-37-25-15-20(7-8-21(25)17-31)26(27(35)32-18-19-5-3-2-4-6-19)33-9-11-34(12-10-33)28(36)22-13-23(29)16-24(30)14-22/h2-8,13-16,26H,9-12,18H2,1H3,(H,32,35)/t26-/m1/s1. The summed E-state index contributed by atoms with van der Waals surface area (Å²) in [6.07, 6.45) is 0. The Bertz CT molecular complexity index is 1300. The number of halogens is 2. The van der Waals surface area contributed by atoms with Gasteiger partial charge in [0.15, 0.2) is 0 Å². The number of hydrogen-bond acceptors (Lipinski definition) is 5. The van der Waals surface area contributed by atoms with Gasteiger partial charge in [0.1, 0.15) is 29.5 Å². The fourth-order valence-corrected chi connectivity index (χ4v) is 4.42. The van der Waals surface area contributed by atoms with E-state index in [9.17, 15) is 23.6 Å². The van der Waals surface area contributed by atoms with E-state index < -0.39 is 23.6 Å². The molecule has 0 saturated carbocycles. The van der Waals surface area contributed by atoms with Gasteiger partial charge in [-0.15, -0.1) is 0 Å². The minimum atomic E-state index is -0.813. The predicted octanol–water partition coefficient (Wildman–Crippen LogP) is 3.66. The average molecular weight is 505 g/mol. The number of carbonyl (C=O) groups excluding carboxylic acids is 2. The van der Waals surface area contributed by atoms with E-state index in [1.807, 2.05) is 35.2 Å². The molecule has 1 fully saturated rings. The highest BCUT2D eigenvalue weighted by Crippen LogP contribution is 2.28. The number of amides is 2. The van der Waals surface area contributed by atoms with Crippen molar-refractivity contribution >= 4 is 11.8 Å². The molecule has 0 aromatic heterocycles. The Morgan fingerprint density at radius 1 is 1.00 bits per heavy atom. The minimum Gasteiger partial charge on any atom is -0.495 e. The molecule has 1 N–H and O–H groups in total. The molecular formula is C28H26F2N4O3. The number of benzene rings is 3. The molecule has 0 bridgehead atoms. The van der Waals surface area contributed by atoms with Crippen LogP contribution in [0.15, 0.2) is 66.7 Å². The Balaban J connectivity index is 1.53. The molecule has 1 saturated heterocycles. The number of piperazine rings is 1. The smallest absolute Gasteiger partial charge is 0.254 e. The van der Waals surface area contributed by atoms with Crippen LogP contribution in [0.5, 0.6) is 5.75 Å². The molecule has 7 nitrogen and oxygen atoms in total. The van der Waals surface area contributed by atoms with Crippen LogP contribution in [-0.2, 0) is 11.3 Å². The zero-order valence-corrected chi connectivity index (χ0v) is 20.3. The Kier molecular flexibility index (Phi) is 8.11. The molecule has 2 amide bonds. The molecular weight excluding hydrogens is 478 g/mol. The van der Waals surface area contributed by atoms with Crippen LogP contribution in [0.25, 0.3) is 0 Å². The summed E-state index contributed by atoms with van der Waals surface area (Å²) in [4.78, 5) is 29.8. The fourth-order valence-electron chi connectivity index (χ4n) is 4.42. The Morgan fingerprint density at radius 3 is 2.30 bits per heavy atom. The van der Waals surface area contributed by atoms with Crippen molar-refractivity contribution in [1.29, 1.82) is 5.26 Å². The van der Waals surface area contributed by atoms with Gasteiger partial charge in [0.05, 0.1) is 12.7 Å². The fraction of sp³-hybridized carbons (Fsp3) is 0.250. The third kappa shape index (κ3) is 6.11. The SMILES string of the molecule is COc1cc([C@H](C(=O)NCc2ccccc2)N2CCN(C(=O)c3cc(F)cc(F)c3)CC2)ccc1C#N. The summed E-state index contributed by atoms with van der Waals surface area (Å²) in [6.45, 7) is 1.59. The number of nitrogens with one attached hydrogen (secondary N) is 1. The first-order valence-corrected chi connectivity index (χ1v) is 11.8. The second kappa shape index (κ2) is 11.6. The highest BCUT2D eigenvalue weighted by Gasteiger charge is 2.32. The molecule has 0 spiro atoms. The van der Waals surface area contributed by atoms with Crippen LogP contribution >= 0.6 is 0 Å². The van der Waals surface area contributed by atoms with E-state index >= 15 is 0 Å². The molecule has 0 unspecified atom stereocenters. The normalized spacial score (nSPS) is 14.5. The maximum Gasteiger partial charge on any atom is 0.254 e. The zero-order chi connectivity index (χ0) is 26.4. The summed E-state index contributed by atoms with van der Waals surface area (Å²) < 4.78 is 32.6. The lowest BCUT2D eigenvalue weighted by Gasteiger charge is -2.39. The lowest BCUT2D eigenvalue weighted by Crippen LogP contribution is -2.52. The van der Waals surface area contributed by atoms with E-state index in [-0.39, 0.29) is 24.6 Å². The first-order chi connectivity index (χ1) is 17.9. The number of nitrogens with zero attached hydrogens (tertiary/aromatic N) is 3. The van der Waals surface area contributed by atoms with Crippen molar-refractivity contribution in [3.05, 3.63) is 101 Å². The van der Waals surface area contributed by atoms with E-state index in [4.69, 9.17) is 4.74 Å². The van der Waals surface area contributed by atoms with Crippen LogP contribution < -0.4 is 10.1 Å². The van der Waals surface area contributed by atoms with Crippen LogP contribution in [0, 0.1) is 23.0 Å². The molecule has 1 aliphatic rings. The van der Waals surface area contributed by atoms with E-state index in [0.29, 0.717) is 36.5 Å². The van der Waals surface area contributed by atoms with Crippen molar-refractivity contribution in [2.75, 3.05) is 33.3 Å². The van der Waals surface area contributed by atoms with Gasteiger partial charge in [-0.25, -0.2) is 8.78 Å². The lowest BCUT2D eigenvalue weighted by molar-refractivity contribution is -0.127. The molecule has 1 heterocycles. The molecule has 3 aromatic carbocycles. The van der Waals surface area contributed by atoms with Gasteiger partial charge in [-0.05, 0) is 35.4 Å². The number of hydrogen-bond donors (Lipinski definition) is 1. The molecule has 1 atom stereocenters. The summed E-state index contributed by atoms with van der Waals surface area (Å²) in [6, 6.07) is 18.7. The molecule has 4 rings (SSSR count). The third-order valence-electron chi connectivity index (χ3n) is 6.30. The van der Waals surface area contributed by atoms with E-state index in [1.165, 1.54) is 12.0 Å². The van der Waals surface area contributed by atoms with Crippen LogP contribution in [0.3, 0.4) is 0 Å². The summed E-state index contributed by atoms with van der Waals surface area (Å²) >= 11 is 0. The monoisotopic (exact) mass is 504 g/mol. The summed E-state index contributed by atoms with van der Waals surface area (Å²) in [7, 11) is 1.46. The minimum absolute atomic E-state index is 0.0556. The van der Waals surface area contributed by atoms with Crippen molar-refractivity contribution in [3.63, 3.8) is 0 Å². The van der Waals surface area contributed by atoms with E-state index in [0.717, 1.165) is 23.8 Å². The van der Waals surface area contributed by atoms with E-state index in [1.54, 1.807) is 18.2 Å². The Hall–Kier alpha value is -4.29. The predicted molar refractivity (Wildman–Crippen MR) is 133 cm³/mol. The van der Waals surface area contributed by atoms with Gasteiger partial charge < -0.3 is 15.0 Å². The Labute approximate surface area is 213 Å². The highest BCUT2D eigenvalue weighted by molar-refractivity contribution is 5.94. The van der Waals surface area contributed by atoms with Crippen molar-refractivity contribution in [3.8, 4) is 11.8 Å². The average Bonchev–Trinajstić information content (AvgIpc) is 2.92. The molecule has 37 heavy (non-hydrogen) atoms. The third-order valence-corrected chi connectivity index (χ3v) is 6.30. The maximum atomic E-state index is 13.6. The first kappa shape index (κ1) is 25.8. The largest absolute Gasteiger partial charge is 0.495 e. The van der Waals surface area contributed by atoms with Gasteiger partial charge in [0.25, 0.3) is 5.91 Å². The quantitative estimate of drug-likeness (QED) is 0.531. The van der Waals surface area contributed by atoms with Gasteiger partial charge in [0.2, 0.25) is 5.91 Å². The lowest BCUT2D eigenvalue weighted by atomic mass is 10.0. The second-order valence-corrected chi connectivity index (χ2v) is 8.66. The van der Waals surface area contributed by atoms with E-state index in [2.05, 4.69) is 11.4 Å². The van der Waals surface area contributed by atoms with Gasteiger partial charge in [-0.3, -0.25) is 14.5 Å². The van der Waals surface area contributed by atoms with Crippen LogP contribution in [0.2, 0.25) is 0 Å². The van der Waals surface area contributed by atoms with Crippen molar-refractivity contribution < 1.29 is 23.1 Å². The summed E-state index contributed by atoms with van der Waals surface area (Å²) in [5.41, 5.74) is 1.89. The zero-order valence-electron chi connectivity index (χ0n) is 20.3. The second-order valence-electron chi connectivity index (χ2n) is 8.66. The summed E-state index contributed by atoms with van der Waals surface area (Å²) in [5.74, 6) is -1.97. The molecule has 0 radical (unpaired) electrons. The van der Waals surface area contributed by atoms with Crippen LogP contribution in [0.1, 0.15) is 33.1 Å². The Morgan fingerprint density at radius 2 is 1.68 bits per heavy atom. The van der Waals surface area contributed by atoms with Crippen molar-refractivity contribution in [2.24, 2.45) is 0 Å². The number of rotatable bonds is 7. The van der Waals surface area contributed by atoms with Gasteiger partial charge in [-0.1, -0.05) is 36.4 Å². The van der Waals surface area contributed by atoms with Gasteiger partial charge in [0, 0.05) is 44.4 Å². The van der Waals surface area contributed by atoms with Gasteiger partial charge >= 0.3 is 0 Å².